The first kappa shape index (κ1) is 12.3. The first-order valence-electron chi connectivity index (χ1n) is 3.85. The van der Waals surface area contributed by atoms with Crippen LogP contribution in [0.3, 0.4) is 0 Å². The molecule has 1 aromatic heterocycles. The summed E-state index contributed by atoms with van der Waals surface area (Å²) in [5.41, 5.74) is 0. The van der Waals surface area contributed by atoms with E-state index in [4.69, 9.17) is 21.1 Å². The molecule has 0 atom stereocenters. The van der Waals surface area contributed by atoms with Gasteiger partial charge in [0.15, 0.2) is 5.22 Å². The Morgan fingerprint density at radius 2 is 2.27 bits per heavy atom. The van der Waals surface area contributed by atoms with Crippen LogP contribution in [0.25, 0.3) is 0 Å². The SMILES string of the molecule is O=C(O)C(F)(F)CSCc1ccc(Cl)o1. The second kappa shape index (κ2) is 4.85. The largest absolute Gasteiger partial charge is 0.477 e. The molecule has 0 saturated heterocycles. The van der Waals surface area contributed by atoms with Crippen molar-refractivity contribution in [1.29, 1.82) is 0 Å². The van der Waals surface area contributed by atoms with Gasteiger partial charge in [-0.2, -0.15) is 8.78 Å². The van der Waals surface area contributed by atoms with E-state index < -0.39 is 17.6 Å². The lowest BCUT2D eigenvalue weighted by Gasteiger charge is -2.09. The second-order valence-electron chi connectivity index (χ2n) is 2.71. The van der Waals surface area contributed by atoms with Crippen molar-refractivity contribution in [2.24, 2.45) is 0 Å². The normalized spacial score (nSPS) is 11.7. The van der Waals surface area contributed by atoms with Gasteiger partial charge in [-0.1, -0.05) is 0 Å². The molecule has 1 rings (SSSR count). The quantitative estimate of drug-likeness (QED) is 0.880. The number of halogens is 3. The molecule has 0 unspecified atom stereocenters. The van der Waals surface area contributed by atoms with E-state index in [2.05, 4.69) is 0 Å². The molecule has 0 spiro atoms. The molecule has 0 saturated carbocycles. The van der Waals surface area contributed by atoms with Crippen molar-refractivity contribution in [2.75, 3.05) is 5.75 Å². The van der Waals surface area contributed by atoms with E-state index in [1.807, 2.05) is 0 Å². The average Bonchev–Trinajstić information content (AvgIpc) is 2.51. The van der Waals surface area contributed by atoms with Gasteiger partial charge < -0.3 is 9.52 Å². The maximum Gasteiger partial charge on any atom is 0.375 e. The summed E-state index contributed by atoms with van der Waals surface area (Å²) in [6.45, 7) is 0. The Kier molecular flexibility index (Phi) is 3.98. The number of furan rings is 1. The minimum atomic E-state index is -3.71. The second-order valence-corrected chi connectivity index (χ2v) is 4.07. The summed E-state index contributed by atoms with van der Waals surface area (Å²) < 4.78 is 30.1. The fraction of sp³-hybridized carbons (Fsp3) is 0.375. The summed E-state index contributed by atoms with van der Waals surface area (Å²) in [7, 11) is 0. The van der Waals surface area contributed by atoms with Gasteiger partial charge in [-0.05, 0) is 23.7 Å². The van der Waals surface area contributed by atoms with Gasteiger partial charge >= 0.3 is 11.9 Å². The number of alkyl halides is 2. The molecule has 7 heteroatoms. The van der Waals surface area contributed by atoms with Crippen molar-refractivity contribution < 1.29 is 23.1 Å². The highest BCUT2D eigenvalue weighted by Gasteiger charge is 2.38. The maximum absolute atomic E-state index is 12.6. The van der Waals surface area contributed by atoms with Crippen LogP contribution in [0, 0.1) is 0 Å². The highest BCUT2D eigenvalue weighted by molar-refractivity contribution is 7.98. The van der Waals surface area contributed by atoms with Crippen LogP contribution in [-0.2, 0) is 10.5 Å². The third-order valence-electron chi connectivity index (χ3n) is 1.47. The van der Waals surface area contributed by atoms with E-state index in [1.165, 1.54) is 6.07 Å². The predicted molar refractivity (Wildman–Crippen MR) is 52.5 cm³/mol. The molecule has 84 valence electrons. The summed E-state index contributed by atoms with van der Waals surface area (Å²) in [4.78, 5) is 10.1. The van der Waals surface area contributed by atoms with Gasteiger partial charge in [0.05, 0.1) is 11.5 Å². The van der Waals surface area contributed by atoms with Crippen LogP contribution in [0.15, 0.2) is 16.5 Å². The van der Waals surface area contributed by atoms with E-state index in [0.29, 0.717) is 5.76 Å². The number of carboxylic acids is 1. The van der Waals surface area contributed by atoms with E-state index in [0.717, 1.165) is 11.8 Å². The molecule has 15 heavy (non-hydrogen) atoms. The van der Waals surface area contributed by atoms with Crippen molar-refractivity contribution in [3.05, 3.63) is 23.1 Å². The molecule has 0 bridgehead atoms. The zero-order valence-corrected chi connectivity index (χ0v) is 8.95. The van der Waals surface area contributed by atoms with E-state index in [9.17, 15) is 13.6 Å². The number of hydrogen-bond donors (Lipinski definition) is 1. The van der Waals surface area contributed by atoms with Crippen LogP contribution < -0.4 is 0 Å². The van der Waals surface area contributed by atoms with Crippen LogP contribution in [-0.4, -0.2) is 22.8 Å². The van der Waals surface area contributed by atoms with Crippen molar-refractivity contribution in [3.63, 3.8) is 0 Å². The molecule has 0 fully saturated rings. The third-order valence-corrected chi connectivity index (χ3v) is 2.73. The number of hydrogen-bond acceptors (Lipinski definition) is 3. The fourth-order valence-electron chi connectivity index (χ4n) is 0.771. The van der Waals surface area contributed by atoms with Gasteiger partial charge in [0.25, 0.3) is 0 Å². The van der Waals surface area contributed by atoms with Gasteiger partial charge in [-0.15, -0.1) is 11.8 Å². The lowest BCUT2D eigenvalue weighted by Crippen LogP contribution is -2.30. The van der Waals surface area contributed by atoms with Crippen LogP contribution in [0.1, 0.15) is 5.76 Å². The lowest BCUT2D eigenvalue weighted by atomic mass is 10.4. The first-order valence-corrected chi connectivity index (χ1v) is 5.38. The van der Waals surface area contributed by atoms with Gasteiger partial charge in [0.2, 0.25) is 0 Å². The molecule has 1 heterocycles. The van der Waals surface area contributed by atoms with Crippen molar-refractivity contribution in [2.45, 2.75) is 11.7 Å². The zero-order valence-electron chi connectivity index (χ0n) is 7.37. The smallest absolute Gasteiger partial charge is 0.375 e. The summed E-state index contributed by atoms with van der Waals surface area (Å²) >= 11 is 6.23. The zero-order chi connectivity index (χ0) is 11.5. The molecule has 0 aliphatic rings. The van der Waals surface area contributed by atoms with Crippen LogP contribution in [0.4, 0.5) is 8.78 Å². The van der Waals surface area contributed by atoms with Crippen LogP contribution in [0.2, 0.25) is 5.22 Å². The number of aliphatic carboxylic acids is 1. The third kappa shape index (κ3) is 3.71. The minimum absolute atomic E-state index is 0.162. The molecule has 0 aliphatic carbocycles. The van der Waals surface area contributed by atoms with Crippen LogP contribution in [0.5, 0.6) is 0 Å². The average molecular weight is 257 g/mol. The summed E-state index contributed by atoms with van der Waals surface area (Å²) in [5.74, 6) is -6.02. The van der Waals surface area contributed by atoms with E-state index >= 15 is 0 Å². The lowest BCUT2D eigenvalue weighted by molar-refractivity contribution is -0.161. The van der Waals surface area contributed by atoms with E-state index in [1.54, 1.807) is 6.07 Å². The molecule has 0 amide bonds. The van der Waals surface area contributed by atoms with E-state index in [-0.39, 0.29) is 11.0 Å². The van der Waals surface area contributed by atoms with Gasteiger partial charge in [-0.3, -0.25) is 0 Å². The Bertz CT molecular complexity index is 353. The summed E-state index contributed by atoms with van der Waals surface area (Å²) in [5, 5.41) is 8.31. The Hall–Kier alpha value is -0.750. The number of thioether (sulfide) groups is 1. The van der Waals surface area contributed by atoms with Crippen molar-refractivity contribution in [1.82, 2.24) is 0 Å². The van der Waals surface area contributed by atoms with Gasteiger partial charge in [-0.25, -0.2) is 4.79 Å². The van der Waals surface area contributed by atoms with Gasteiger partial charge in [0, 0.05) is 0 Å². The number of carboxylic acid groups (broad SMARTS) is 1. The first-order chi connectivity index (χ1) is 6.92. The summed E-state index contributed by atoms with van der Waals surface area (Å²) in [6.07, 6.45) is 0. The molecule has 0 aliphatic heterocycles. The Morgan fingerprint density at radius 3 is 2.73 bits per heavy atom. The molecule has 3 nitrogen and oxygen atoms in total. The fourth-order valence-corrected chi connectivity index (χ4v) is 1.77. The predicted octanol–water partition coefficient (Wildman–Crippen LogP) is 2.89. The Labute approximate surface area is 93.4 Å². The molecule has 0 radical (unpaired) electrons. The number of carbonyl (C=O) groups is 1. The minimum Gasteiger partial charge on any atom is -0.477 e. The van der Waals surface area contributed by atoms with Crippen molar-refractivity contribution >= 4 is 29.3 Å². The highest BCUT2D eigenvalue weighted by Crippen LogP contribution is 2.24. The Balaban J connectivity index is 2.36. The standard InChI is InChI=1S/C8H7ClF2O3S/c9-6-2-1-5(14-6)3-15-4-8(10,11)7(12)13/h1-2H,3-4H2,(H,12,13). The molecular formula is C8H7ClF2O3S. The number of rotatable bonds is 5. The molecule has 0 aromatic carbocycles. The van der Waals surface area contributed by atoms with Gasteiger partial charge in [0.1, 0.15) is 5.76 Å². The Morgan fingerprint density at radius 1 is 1.60 bits per heavy atom. The highest BCUT2D eigenvalue weighted by atomic mass is 35.5. The molecule has 1 aromatic rings. The molecule has 1 N–H and O–H groups in total. The summed E-state index contributed by atoms with van der Waals surface area (Å²) in [6, 6.07) is 3.04. The topological polar surface area (TPSA) is 50.4 Å². The monoisotopic (exact) mass is 256 g/mol. The van der Waals surface area contributed by atoms with Crippen LogP contribution >= 0.6 is 23.4 Å². The molecular weight excluding hydrogens is 250 g/mol. The maximum atomic E-state index is 12.6. The van der Waals surface area contributed by atoms with Crippen molar-refractivity contribution in [3.8, 4) is 0 Å².